The molecule has 0 amide bonds. The maximum absolute atomic E-state index is 12.2. The number of nitrogens with one attached hydrogen (secondary N) is 1. The molecule has 1 aliphatic rings. The van der Waals surface area contributed by atoms with Crippen molar-refractivity contribution >= 4 is 21.4 Å². The minimum absolute atomic E-state index is 0.289. The van der Waals surface area contributed by atoms with E-state index in [-0.39, 0.29) is 4.90 Å². The third-order valence-corrected chi connectivity index (χ3v) is 5.68. The smallest absolute Gasteiger partial charge is 0.200 e. The molecule has 1 aliphatic heterocycles. The fourth-order valence-electron chi connectivity index (χ4n) is 1.96. The van der Waals surface area contributed by atoms with Gasteiger partial charge in [0.2, 0.25) is 9.84 Å². The van der Waals surface area contributed by atoms with Crippen molar-refractivity contribution in [3.8, 4) is 0 Å². The van der Waals surface area contributed by atoms with Crippen LogP contribution in [0.3, 0.4) is 0 Å². The van der Waals surface area contributed by atoms with Crippen LogP contribution in [0.15, 0.2) is 35.2 Å². The minimum atomic E-state index is -3.43. The number of rotatable bonds is 4. The van der Waals surface area contributed by atoms with E-state index in [0.717, 1.165) is 13.1 Å². The molecule has 100 valence electrons. The number of quaternary nitrogens is 1. The molecule has 0 spiro atoms. The maximum atomic E-state index is 12.2. The topological polar surface area (TPSA) is 47.8 Å². The predicted octanol–water partition coefficient (Wildman–Crippen LogP) is -0.0597. The number of benzene rings is 1. The number of hydrogen-bond donors (Lipinski definition) is 1. The highest BCUT2D eigenvalue weighted by molar-refractivity contribution is 7.93. The van der Waals surface area contributed by atoms with Gasteiger partial charge in [0, 0.05) is 0 Å². The van der Waals surface area contributed by atoms with Gasteiger partial charge in [-0.15, -0.1) is 0 Å². The molecule has 0 saturated carbocycles. The molecule has 0 radical (unpaired) electrons. The molecule has 4 nitrogen and oxygen atoms in total. The van der Waals surface area contributed by atoms with E-state index < -0.39 is 14.5 Å². The van der Waals surface area contributed by atoms with Gasteiger partial charge >= 0.3 is 0 Å². The fraction of sp³-hybridized carbons (Fsp3) is 0.500. The van der Waals surface area contributed by atoms with Gasteiger partial charge in [0.05, 0.1) is 18.1 Å². The van der Waals surface area contributed by atoms with Crippen molar-refractivity contribution in [3.63, 3.8) is 0 Å². The Labute approximate surface area is 112 Å². The summed E-state index contributed by atoms with van der Waals surface area (Å²) in [4.78, 5) is 1.47. The van der Waals surface area contributed by atoms with E-state index in [0.29, 0.717) is 19.8 Å². The SMILES string of the molecule is O=S(=O)(c1ccccc1)C(Cl)C[NH+]1CCOCC1. The highest BCUT2D eigenvalue weighted by Crippen LogP contribution is 2.17. The van der Waals surface area contributed by atoms with E-state index in [9.17, 15) is 8.42 Å². The van der Waals surface area contributed by atoms with Gasteiger partial charge in [-0.3, -0.25) is 0 Å². The first kappa shape index (κ1) is 13.8. The average Bonchev–Trinajstić information content (AvgIpc) is 2.41. The van der Waals surface area contributed by atoms with Gasteiger partial charge in [-0.1, -0.05) is 29.8 Å². The van der Waals surface area contributed by atoms with Crippen LogP contribution in [0.5, 0.6) is 0 Å². The summed E-state index contributed by atoms with van der Waals surface area (Å²) in [5.74, 6) is 0. The number of sulfone groups is 1. The molecule has 1 unspecified atom stereocenters. The Bertz CT molecular complexity index is 471. The van der Waals surface area contributed by atoms with Crippen molar-refractivity contribution in [1.82, 2.24) is 0 Å². The quantitative estimate of drug-likeness (QED) is 0.791. The molecule has 0 aromatic heterocycles. The molecule has 1 fully saturated rings. The lowest BCUT2D eigenvalue weighted by atomic mass is 10.4. The van der Waals surface area contributed by atoms with Gasteiger partial charge in [-0.05, 0) is 12.1 Å². The standard InChI is InChI=1S/C12H16ClNO3S/c13-12(10-14-6-8-17-9-7-14)18(15,16)11-4-2-1-3-5-11/h1-5,12H,6-10H2/p+1. The van der Waals surface area contributed by atoms with Crippen molar-refractivity contribution in [1.29, 1.82) is 0 Å². The van der Waals surface area contributed by atoms with Crippen LogP contribution in [0.4, 0.5) is 0 Å². The zero-order valence-electron chi connectivity index (χ0n) is 10.0. The van der Waals surface area contributed by atoms with Crippen molar-refractivity contribution in [2.75, 3.05) is 32.8 Å². The van der Waals surface area contributed by atoms with Crippen molar-refractivity contribution < 1.29 is 18.1 Å². The summed E-state index contributed by atoms with van der Waals surface area (Å²) in [7, 11) is -3.43. The lowest BCUT2D eigenvalue weighted by molar-refractivity contribution is -0.906. The van der Waals surface area contributed by atoms with Gasteiger partial charge in [0.1, 0.15) is 19.6 Å². The Balaban J connectivity index is 2.05. The number of morpholine rings is 1. The molecule has 0 bridgehead atoms. The summed E-state index contributed by atoms with van der Waals surface area (Å²) in [6.45, 7) is 3.39. The molecular weight excluding hydrogens is 274 g/mol. The summed E-state index contributed by atoms with van der Waals surface area (Å²) >= 11 is 6.09. The zero-order valence-corrected chi connectivity index (χ0v) is 11.6. The molecule has 1 aromatic carbocycles. The van der Waals surface area contributed by atoms with Gasteiger partial charge in [0.15, 0.2) is 4.71 Å². The van der Waals surface area contributed by atoms with Gasteiger partial charge in [-0.25, -0.2) is 8.42 Å². The highest BCUT2D eigenvalue weighted by atomic mass is 35.5. The van der Waals surface area contributed by atoms with E-state index in [1.54, 1.807) is 30.3 Å². The summed E-state index contributed by atoms with van der Waals surface area (Å²) in [5, 5.41) is 0. The molecule has 1 saturated heterocycles. The van der Waals surface area contributed by atoms with Crippen molar-refractivity contribution in [2.24, 2.45) is 0 Å². The largest absolute Gasteiger partial charge is 0.370 e. The summed E-state index contributed by atoms with van der Waals surface area (Å²) in [6.07, 6.45) is 0. The molecule has 0 aliphatic carbocycles. The van der Waals surface area contributed by atoms with E-state index in [1.807, 2.05) is 0 Å². The van der Waals surface area contributed by atoms with E-state index >= 15 is 0 Å². The van der Waals surface area contributed by atoms with Crippen LogP contribution in [0.2, 0.25) is 0 Å². The van der Waals surface area contributed by atoms with Gasteiger partial charge in [-0.2, -0.15) is 0 Å². The van der Waals surface area contributed by atoms with Crippen LogP contribution in [-0.4, -0.2) is 46.0 Å². The molecule has 1 N–H and O–H groups in total. The number of halogens is 1. The molecular formula is C12H17ClNO3S+. The molecule has 6 heteroatoms. The predicted molar refractivity (Wildman–Crippen MR) is 69.7 cm³/mol. The minimum Gasteiger partial charge on any atom is -0.370 e. The highest BCUT2D eigenvalue weighted by Gasteiger charge is 2.30. The van der Waals surface area contributed by atoms with E-state index in [4.69, 9.17) is 16.3 Å². The van der Waals surface area contributed by atoms with E-state index in [1.165, 1.54) is 4.90 Å². The van der Waals surface area contributed by atoms with Gasteiger partial charge < -0.3 is 9.64 Å². The second-order valence-electron chi connectivity index (χ2n) is 4.33. The first-order chi connectivity index (χ1) is 8.60. The monoisotopic (exact) mass is 290 g/mol. The lowest BCUT2D eigenvalue weighted by Gasteiger charge is -2.25. The van der Waals surface area contributed by atoms with Crippen LogP contribution in [-0.2, 0) is 14.6 Å². The third kappa shape index (κ3) is 3.23. The number of hydrogen-bond acceptors (Lipinski definition) is 3. The number of alkyl halides is 1. The van der Waals surface area contributed by atoms with Crippen molar-refractivity contribution in [2.45, 2.75) is 9.60 Å². The first-order valence-electron chi connectivity index (χ1n) is 5.95. The summed E-state index contributed by atoms with van der Waals surface area (Å²) in [6, 6.07) is 8.37. The Hall–Kier alpha value is -0.620. The van der Waals surface area contributed by atoms with Crippen molar-refractivity contribution in [3.05, 3.63) is 30.3 Å². The Morgan fingerprint density at radius 2 is 1.83 bits per heavy atom. The van der Waals surface area contributed by atoms with Crippen LogP contribution < -0.4 is 4.90 Å². The fourth-order valence-corrected chi connectivity index (χ4v) is 3.77. The maximum Gasteiger partial charge on any atom is 0.200 e. The second kappa shape index (κ2) is 6.02. The van der Waals surface area contributed by atoms with Crippen LogP contribution in [0.1, 0.15) is 0 Å². The summed E-state index contributed by atoms with van der Waals surface area (Å²) in [5.41, 5.74) is 0. The van der Waals surface area contributed by atoms with Crippen LogP contribution in [0, 0.1) is 0 Å². The Kier molecular flexibility index (Phi) is 4.61. The molecule has 1 atom stereocenters. The third-order valence-electron chi connectivity index (χ3n) is 3.06. The summed E-state index contributed by atoms with van der Waals surface area (Å²) < 4.78 is 28.8. The van der Waals surface area contributed by atoms with E-state index in [2.05, 4.69) is 0 Å². The second-order valence-corrected chi connectivity index (χ2v) is 7.25. The normalized spacial score (nSPS) is 19.6. The lowest BCUT2D eigenvalue weighted by Crippen LogP contribution is -3.15. The zero-order chi connectivity index (χ0) is 13.0. The molecule has 1 aromatic rings. The van der Waals surface area contributed by atoms with Crippen LogP contribution >= 0.6 is 11.6 Å². The average molecular weight is 291 g/mol. The first-order valence-corrected chi connectivity index (χ1v) is 7.93. The van der Waals surface area contributed by atoms with Gasteiger partial charge in [0.25, 0.3) is 0 Å². The Morgan fingerprint density at radius 1 is 1.22 bits per heavy atom. The molecule has 2 rings (SSSR count). The Morgan fingerprint density at radius 3 is 2.44 bits per heavy atom. The molecule has 18 heavy (non-hydrogen) atoms. The number of ether oxygens (including phenoxy) is 1. The van der Waals surface area contributed by atoms with Crippen LogP contribution in [0.25, 0.3) is 0 Å². The molecule has 1 heterocycles.